The largest absolute Gasteiger partial charge is 0.417 e. The number of carbonyl (C=O) groups is 2. The quantitative estimate of drug-likeness (QED) is 0.814. The van der Waals surface area contributed by atoms with Gasteiger partial charge in [-0.05, 0) is 44.9 Å². The molecule has 0 saturated carbocycles. The molecule has 0 bridgehead atoms. The Bertz CT molecular complexity index is 672. The molecule has 26 heavy (non-hydrogen) atoms. The Morgan fingerprint density at radius 3 is 2.38 bits per heavy atom. The summed E-state index contributed by atoms with van der Waals surface area (Å²) in [6.07, 6.45) is -3.68. The van der Waals surface area contributed by atoms with Crippen LogP contribution in [0.2, 0.25) is 5.02 Å². The van der Waals surface area contributed by atoms with Crippen LogP contribution >= 0.6 is 11.6 Å². The van der Waals surface area contributed by atoms with E-state index in [1.165, 1.54) is 6.07 Å². The van der Waals surface area contributed by atoms with Gasteiger partial charge in [0, 0.05) is 30.7 Å². The Morgan fingerprint density at radius 1 is 1.23 bits per heavy atom. The molecule has 1 aromatic rings. The summed E-state index contributed by atoms with van der Waals surface area (Å²) in [5, 5.41) is 4.88. The van der Waals surface area contributed by atoms with Gasteiger partial charge in [-0.25, -0.2) is 4.79 Å². The summed E-state index contributed by atoms with van der Waals surface area (Å²) in [6, 6.07) is 3.12. The number of amides is 3. The average molecular weight is 392 g/mol. The molecular weight excluding hydrogens is 371 g/mol. The smallest absolute Gasteiger partial charge is 0.336 e. The van der Waals surface area contributed by atoms with Crippen LogP contribution in [0.5, 0.6) is 0 Å². The fraction of sp³-hybridized carbons (Fsp3) is 0.529. The van der Waals surface area contributed by atoms with E-state index in [1.54, 1.807) is 4.90 Å². The van der Waals surface area contributed by atoms with Gasteiger partial charge in [0.25, 0.3) is 0 Å². The molecule has 1 aliphatic heterocycles. The number of urea groups is 1. The van der Waals surface area contributed by atoms with Crippen molar-refractivity contribution in [1.82, 2.24) is 10.2 Å². The number of carbonyl (C=O) groups excluding carboxylic acids is 2. The number of piperidine rings is 1. The van der Waals surface area contributed by atoms with E-state index in [-0.39, 0.29) is 29.6 Å². The highest BCUT2D eigenvalue weighted by Gasteiger charge is 2.34. The monoisotopic (exact) mass is 391 g/mol. The average Bonchev–Trinajstić information content (AvgIpc) is 2.55. The van der Waals surface area contributed by atoms with Crippen LogP contribution in [-0.4, -0.2) is 36.0 Å². The number of rotatable bonds is 3. The summed E-state index contributed by atoms with van der Waals surface area (Å²) in [5.41, 5.74) is -0.941. The van der Waals surface area contributed by atoms with Gasteiger partial charge in [-0.1, -0.05) is 11.6 Å². The summed E-state index contributed by atoms with van der Waals surface area (Å²) < 4.78 is 38.7. The Labute approximate surface area is 154 Å². The van der Waals surface area contributed by atoms with Crippen LogP contribution in [0.25, 0.3) is 0 Å². The predicted octanol–water partition coefficient (Wildman–Crippen LogP) is 4.13. The normalized spacial score (nSPS) is 15.9. The van der Waals surface area contributed by atoms with Crippen molar-refractivity contribution in [3.05, 3.63) is 28.8 Å². The number of hydrogen-bond donors (Lipinski definition) is 2. The van der Waals surface area contributed by atoms with Gasteiger partial charge in [0.05, 0.1) is 10.6 Å². The summed E-state index contributed by atoms with van der Waals surface area (Å²) in [7, 11) is 0. The maximum atomic E-state index is 12.9. The van der Waals surface area contributed by atoms with E-state index in [1.807, 2.05) is 13.8 Å². The third kappa shape index (κ3) is 5.27. The van der Waals surface area contributed by atoms with Gasteiger partial charge in [-0.3, -0.25) is 4.79 Å². The van der Waals surface area contributed by atoms with E-state index in [4.69, 9.17) is 11.6 Å². The molecule has 0 aliphatic carbocycles. The molecule has 1 saturated heterocycles. The summed E-state index contributed by atoms with van der Waals surface area (Å²) >= 11 is 5.57. The maximum absolute atomic E-state index is 12.9. The van der Waals surface area contributed by atoms with Crippen molar-refractivity contribution in [3.8, 4) is 0 Å². The molecule has 0 atom stereocenters. The van der Waals surface area contributed by atoms with E-state index in [9.17, 15) is 22.8 Å². The molecule has 1 fully saturated rings. The van der Waals surface area contributed by atoms with Crippen LogP contribution in [-0.2, 0) is 11.0 Å². The van der Waals surface area contributed by atoms with Crippen molar-refractivity contribution in [3.63, 3.8) is 0 Å². The van der Waals surface area contributed by atoms with E-state index >= 15 is 0 Å². The van der Waals surface area contributed by atoms with Crippen molar-refractivity contribution in [2.75, 3.05) is 18.4 Å². The first-order valence-corrected chi connectivity index (χ1v) is 8.68. The van der Waals surface area contributed by atoms with Crippen molar-refractivity contribution in [2.24, 2.45) is 5.92 Å². The molecule has 0 spiro atoms. The first kappa shape index (κ1) is 20.4. The third-order valence-corrected chi connectivity index (χ3v) is 4.43. The fourth-order valence-electron chi connectivity index (χ4n) is 2.75. The van der Waals surface area contributed by atoms with Crippen LogP contribution < -0.4 is 10.6 Å². The van der Waals surface area contributed by atoms with Crippen LogP contribution in [0, 0.1) is 5.92 Å². The highest BCUT2D eigenvalue weighted by atomic mass is 35.5. The lowest BCUT2D eigenvalue weighted by molar-refractivity contribution is -0.137. The number of halogens is 4. The summed E-state index contributed by atoms with van der Waals surface area (Å²) in [5.74, 6) is -0.715. The molecule has 1 aliphatic rings. The van der Waals surface area contributed by atoms with E-state index < -0.39 is 16.8 Å². The van der Waals surface area contributed by atoms with E-state index in [2.05, 4.69) is 10.6 Å². The van der Waals surface area contributed by atoms with Gasteiger partial charge in [0.15, 0.2) is 0 Å². The van der Waals surface area contributed by atoms with Gasteiger partial charge in [-0.2, -0.15) is 13.2 Å². The van der Waals surface area contributed by atoms with Gasteiger partial charge in [-0.15, -0.1) is 0 Å². The molecule has 2 N–H and O–H groups in total. The minimum absolute atomic E-state index is 0.0243. The van der Waals surface area contributed by atoms with Crippen LogP contribution in [0.4, 0.5) is 23.7 Å². The Morgan fingerprint density at radius 2 is 1.85 bits per heavy atom. The Kier molecular flexibility index (Phi) is 6.39. The second kappa shape index (κ2) is 8.16. The molecule has 3 amide bonds. The molecule has 0 aromatic heterocycles. The standard InChI is InChI=1S/C17H21ClF3N3O2/c1-10(2)22-16(26)24-7-5-11(6-8-24)15(25)23-12-3-4-14(18)13(9-12)17(19,20)21/h3-4,9-11H,5-8H2,1-2H3,(H,22,26)(H,23,25). The molecule has 9 heteroatoms. The molecule has 144 valence electrons. The first-order chi connectivity index (χ1) is 12.1. The third-order valence-electron chi connectivity index (χ3n) is 4.10. The number of likely N-dealkylation sites (tertiary alicyclic amines) is 1. The fourth-order valence-corrected chi connectivity index (χ4v) is 2.97. The highest BCUT2D eigenvalue weighted by molar-refractivity contribution is 6.31. The van der Waals surface area contributed by atoms with Gasteiger partial charge in [0.2, 0.25) is 5.91 Å². The van der Waals surface area contributed by atoms with Crippen molar-refractivity contribution < 1.29 is 22.8 Å². The number of nitrogens with one attached hydrogen (secondary N) is 2. The van der Waals surface area contributed by atoms with Crippen LogP contribution in [0.3, 0.4) is 0 Å². The van der Waals surface area contributed by atoms with Gasteiger partial charge >= 0.3 is 12.2 Å². The molecular formula is C17H21ClF3N3O2. The van der Waals surface area contributed by atoms with E-state index in [0.717, 1.165) is 12.1 Å². The molecule has 0 radical (unpaired) electrons. The van der Waals surface area contributed by atoms with Crippen molar-refractivity contribution in [2.45, 2.75) is 38.9 Å². The van der Waals surface area contributed by atoms with Crippen molar-refractivity contribution >= 4 is 29.2 Å². The second-order valence-corrected chi connectivity index (χ2v) is 6.95. The lowest BCUT2D eigenvalue weighted by atomic mass is 9.96. The Hall–Kier alpha value is -1.96. The first-order valence-electron chi connectivity index (χ1n) is 8.31. The topological polar surface area (TPSA) is 61.4 Å². The highest BCUT2D eigenvalue weighted by Crippen LogP contribution is 2.36. The van der Waals surface area contributed by atoms with Crippen molar-refractivity contribution in [1.29, 1.82) is 0 Å². The minimum Gasteiger partial charge on any atom is -0.336 e. The number of anilines is 1. The second-order valence-electron chi connectivity index (χ2n) is 6.55. The number of benzene rings is 1. The molecule has 1 aromatic carbocycles. The summed E-state index contributed by atoms with van der Waals surface area (Å²) in [6.45, 7) is 4.56. The zero-order valence-electron chi connectivity index (χ0n) is 14.5. The SMILES string of the molecule is CC(C)NC(=O)N1CCC(C(=O)Nc2ccc(Cl)c(C(F)(F)F)c2)CC1. The number of hydrogen-bond acceptors (Lipinski definition) is 2. The van der Waals surface area contributed by atoms with Gasteiger partial charge < -0.3 is 15.5 Å². The zero-order valence-corrected chi connectivity index (χ0v) is 15.2. The zero-order chi connectivity index (χ0) is 19.5. The predicted molar refractivity (Wildman–Crippen MR) is 93.0 cm³/mol. The van der Waals surface area contributed by atoms with Gasteiger partial charge in [0.1, 0.15) is 0 Å². The maximum Gasteiger partial charge on any atom is 0.417 e. The number of alkyl halides is 3. The lowest BCUT2D eigenvalue weighted by Crippen LogP contribution is -2.47. The Balaban J connectivity index is 1.95. The van der Waals surface area contributed by atoms with Crippen LogP contribution in [0.1, 0.15) is 32.3 Å². The molecule has 1 heterocycles. The molecule has 0 unspecified atom stereocenters. The lowest BCUT2D eigenvalue weighted by Gasteiger charge is -2.32. The molecule has 5 nitrogen and oxygen atoms in total. The minimum atomic E-state index is -4.59. The van der Waals surface area contributed by atoms with Crippen LogP contribution in [0.15, 0.2) is 18.2 Å². The summed E-state index contributed by atoms with van der Waals surface area (Å²) in [4.78, 5) is 25.9. The van der Waals surface area contributed by atoms with E-state index in [0.29, 0.717) is 25.9 Å². The molecule has 2 rings (SSSR count). The number of nitrogens with zero attached hydrogens (tertiary/aromatic N) is 1.